The summed E-state index contributed by atoms with van der Waals surface area (Å²) in [6.07, 6.45) is 2.03. The number of nitrogen functional groups attached to an aromatic ring is 1. The monoisotopic (exact) mass is 194 g/mol. The summed E-state index contributed by atoms with van der Waals surface area (Å²) in [5.74, 6) is -0.315. The van der Waals surface area contributed by atoms with Crippen LogP contribution in [0.1, 0.15) is 13.8 Å². The van der Waals surface area contributed by atoms with Crippen LogP contribution in [0, 0.1) is 5.82 Å². The fraction of sp³-hybridized carbons (Fsp3) is 0.273. The first kappa shape index (κ1) is 10.6. The molecule has 0 unspecified atom stereocenters. The standard InChI is InChI=1S/C11H15FN2/c1-8(2)3-4-14-11-6-9(12)5-10(13)7-11/h3,5-7,14H,4,13H2,1-2H3. The summed E-state index contributed by atoms with van der Waals surface area (Å²) in [7, 11) is 0. The molecule has 0 amide bonds. The van der Waals surface area contributed by atoms with Crippen LogP contribution in [0.5, 0.6) is 0 Å². The molecule has 0 aliphatic heterocycles. The number of nitrogens with two attached hydrogens (primary N) is 1. The molecule has 14 heavy (non-hydrogen) atoms. The minimum absolute atomic E-state index is 0.315. The van der Waals surface area contributed by atoms with Crippen molar-refractivity contribution in [2.75, 3.05) is 17.6 Å². The largest absolute Gasteiger partial charge is 0.399 e. The van der Waals surface area contributed by atoms with E-state index in [1.165, 1.54) is 17.7 Å². The molecule has 0 bridgehead atoms. The van der Waals surface area contributed by atoms with Crippen molar-refractivity contribution in [1.29, 1.82) is 0 Å². The van der Waals surface area contributed by atoms with Crippen LogP contribution >= 0.6 is 0 Å². The first-order valence-electron chi connectivity index (χ1n) is 4.51. The smallest absolute Gasteiger partial charge is 0.127 e. The van der Waals surface area contributed by atoms with Crippen molar-refractivity contribution in [2.45, 2.75) is 13.8 Å². The van der Waals surface area contributed by atoms with E-state index in [-0.39, 0.29) is 5.82 Å². The fourth-order valence-corrected chi connectivity index (χ4v) is 1.09. The van der Waals surface area contributed by atoms with Crippen LogP contribution < -0.4 is 11.1 Å². The van der Waals surface area contributed by atoms with E-state index in [9.17, 15) is 4.39 Å². The molecule has 1 aromatic rings. The maximum atomic E-state index is 12.9. The van der Waals surface area contributed by atoms with Crippen LogP contribution in [0.3, 0.4) is 0 Å². The van der Waals surface area contributed by atoms with Gasteiger partial charge in [0.25, 0.3) is 0 Å². The topological polar surface area (TPSA) is 38.0 Å². The summed E-state index contributed by atoms with van der Waals surface area (Å²) in [6, 6.07) is 4.43. The molecule has 3 heteroatoms. The SMILES string of the molecule is CC(C)=CCNc1cc(N)cc(F)c1. The van der Waals surface area contributed by atoms with Crippen molar-refractivity contribution < 1.29 is 4.39 Å². The van der Waals surface area contributed by atoms with E-state index in [0.29, 0.717) is 17.9 Å². The summed E-state index contributed by atoms with van der Waals surface area (Å²) >= 11 is 0. The van der Waals surface area contributed by atoms with Gasteiger partial charge in [0, 0.05) is 17.9 Å². The van der Waals surface area contributed by atoms with Crippen molar-refractivity contribution in [2.24, 2.45) is 0 Å². The molecule has 0 radical (unpaired) electrons. The van der Waals surface area contributed by atoms with Crippen molar-refractivity contribution in [3.8, 4) is 0 Å². The van der Waals surface area contributed by atoms with E-state index in [2.05, 4.69) is 5.32 Å². The van der Waals surface area contributed by atoms with Gasteiger partial charge in [-0.3, -0.25) is 0 Å². The van der Waals surface area contributed by atoms with E-state index in [0.717, 1.165) is 0 Å². The maximum absolute atomic E-state index is 12.9. The summed E-state index contributed by atoms with van der Waals surface area (Å²) < 4.78 is 12.9. The first-order valence-corrected chi connectivity index (χ1v) is 4.51. The van der Waals surface area contributed by atoms with Gasteiger partial charge in [0.2, 0.25) is 0 Å². The second-order valence-electron chi connectivity index (χ2n) is 3.44. The maximum Gasteiger partial charge on any atom is 0.127 e. The van der Waals surface area contributed by atoms with Crippen LogP contribution in [0.4, 0.5) is 15.8 Å². The summed E-state index contributed by atoms with van der Waals surface area (Å²) in [6.45, 7) is 4.72. The van der Waals surface area contributed by atoms with Gasteiger partial charge in [0.15, 0.2) is 0 Å². The van der Waals surface area contributed by atoms with Gasteiger partial charge in [-0.25, -0.2) is 4.39 Å². The van der Waals surface area contributed by atoms with Crippen molar-refractivity contribution in [3.63, 3.8) is 0 Å². The summed E-state index contributed by atoms with van der Waals surface area (Å²) in [5, 5.41) is 3.06. The lowest BCUT2D eigenvalue weighted by atomic mass is 10.2. The lowest BCUT2D eigenvalue weighted by Gasteiger charge is -2.05. The summed E-state index contributed by atoms with van der Waals surface area (Å²) in [4.78, 5) is 0. The number of benzene rings is 1. The molecule has 76 valence electrons. The average Bonchev–Trinajstić information content (AvgIpc) is 2.01. The zero-order valence-electron chi connectivity index (χ0n) is 8.47. The fourth-order valence-electron chi connectivity index (χ4n) is 1.09. The van der Waals surface area contributed by atoms with Crippen LogP contribution in [-0.2, 0) is 0 Å². The lowest BCUT2D eigenvalue weighted by Crippen LogP contribution is -2.00. The zero-order valence-corrected chi connectivity index (χ0v) is 8.47. The van der Waals surface area contributed by atoms with E-state index >= 15 is 0 Å². The van der Waals surface area contributed by atoms with Gasteiger partial charge in [0.05, 0.1) is 0 Å². The Balaban J connectivity index is 2.63. The van der Waals surface area contributed by atoms with E-state index in [1.807, 2.05) is 19.9 Å². The Morgan fingerprint density at radius 2 is 2.14 bits per heavy atom. The van der Waals surface area contributed by atoms with Gasteiger partial charge in [-0.2, -0.15) is 0 Å². The Hall–Kier alpha value is -1.51. The average molecular weight is 194 g/mol. The molecule has 1 aromatic carbocycles. The van der Waals surface area contributed by atoms with E-state index < -0.39 is 0 Å². The normalized spacial score (nSPS) is 9.64. The first-order chi connectivity index (χ1) is 6.58. The predicted molar refractivity (Wildman–Crippen MR) is 58.7 cm³/mol. The molecule has 0 spiro atoms. The third kappa shape index (κ3) is 3.47. The molecule has 1 rings (SSSR count). The number of rotatable bonds is 3. The summed E-state index contributed by atoms with van der Waals surface area (Å²) in [5.41, 5.74) is 7.86. The van der Waals surface area contributed by atoms with Crippen molar-refractivity contribution in [1.82, 2.24) is 0 Å². The molecule has 0 saturated heterocycles. The minimum Gasteiger partial charge on any atom is -0.399 e. The Morgan fingerprint density at radius 3 is 2.71 bits per heavy atom. The van der Waals surface area contributed by atoms with Gasteiger partial charge in [-0.1, -0.05) is 11.6 Å². The number of nitrogens with one attached hydrogen (secondary N) is 1. The molecule has 2 nitrogen and oxygen atoms in total. The highest BCUT2D eigenvalue weighted by atomic mass is 19.1. The van der Waals surface area contributed by atoms with Crippen LogP contribution in [0.15, 0.2) is 29.8 Å². The molecule has 0 fully saturated rings. The van der Waals surface area contributed by atoms with Crippen LogP contribution in [-0.4, -0.2) is 6.54 Å². The molecule has 0 aliphatic carbocycles. The molecular formula is C11H15FN2. The number of anilines is 2. The molecule has 0 atom stereocenters. The Bertz CT molecular complexity index is 321. The highest BCUT2D eigenvalue weighted by molar-refractivity contribution is 5.54. The molecule has 3 N–H and O–H groups in total. The van der Waals surface area contributed by atoms with Gasteiger partial charge in [-0.15, -0.1) is 0 Å². The third-order valence-corrected chi connectivity index (χ3v) is 1.74. The van der Waals surface area contributed by atoms with Crippen molar-refractivity contribution in [3.05, 3.63) is 35.7 Å². The quantitative estimate of drug-likeness (QED) is 0.573. The van der Waals surface area contributed by atoms with E-state index in [1.54, 1.807) is 6.07 Å². The molecule has 0 aliphatic rings. The Labute approximate surface area is 83.6 Å². The molecular weight excluding hydrogens is 179 g/mol. The van der Waals surface area contributed by atoms with E-state index in [4.69, 9.17) is 5.73 Å². The number of halogens is 1. The third-order valence-electron chi connectivity index (χ3n) is 1.74. The highest BCUT2D eigenvalue weighted by Gasteiger charge is 1.96. The number of hydrogen-bond acceptors (Lipinski definition) is 2. The minimum atomic E-state index is -0.315. The molecule has 0 saturated carbocycles. The van der Waals surface area contributed by atoms with Gasteiger partial charge < -0.3 is 11.1 Å². The van der Waals surface area contributed by atoms with Crippen LogP contribution in [0.25, 0.3) is 0 Å². The second kappa shape index (κ2) is 4.65. The molecule has 0 heterocycles. The molecule has 0 aromatic heterocycles. The van der Waals surface area contributed by atoms with Gasteiger partial charge in [0.1, 0.15) is 5.82 Å². The number of allylic oxidation sites excluding steroid dienone is 1. The zero-order chi connectivity index (χ0) is 10.6. The number of hydrogen-bond donors (Lipinski definition) is 2. The van der Waals surface area contributed by atoms with Crippen molar-refractivity contribution >= 4 is 11.4 Å². The highest BCUT2D eigenvalue weighted by Crippen LogP contribution is 2.14. The Kier molecular flexibility index (Phi) is 3.51. The predicted octanol–water partition coefficient (Wildman–Crippen LogP) is 2.79. The Morgan fingerprint density at radius 1 is 1.43 bits per heavy atom. The van der Waals surface area contributed by atoms with Crippen LogP contribution in [0.2, 0.25) is 0 Å². The van der Waals surface area contributed by atoms with Gasteiger partial charge in [-0.05, 0) is 32.0 Å². The second-order valence-corrected chi connectivity index (χ2v) is 3.44. The van der Waals surface area contributed by atoms with Gasteiger partial charge >= 0.3 is 0 Å². The lowest BCUT2D eigenvalue weighted by molar-refractivity contribution is 0.629.